The molecule has 0 aliphatic carbocycles. The van der Waals surface area contributed by atoms with Gasteiger partial charge in [0.15, 0.2) is 5.65 Å². The molecule has 2 aromatic heterocycles. The van der Waals surface area contributed by atoms with Crippen molar-refractivity contribution in [3.63, 3.8) is 0 Å². The van der Waals surface area contributed by atoms with Crippen LogP contribution in [0.5, 0.6) is 0 Å². The van der Waals surface area contributed by atoms with Gasteiger partial charge in [0, 0.05) is 44.6 Å². The van der Waals surface area contributed by atoms with Gasteiger partial charge >= 0.3 is 0 Å². The summed E-state index contributed by atoms with van der Waals surface area (Å²) in [4.78, 5) is 26.1. The van der Waals surface area contributed by atoms with Crippen molar-refractivity contribution < 1.29 is 9.18 Å². The van der Waals surface area contributed by atoms with Gasteiger partial charge in [0.25, 0.3) is 5.91 Å². The molecule has 0 N–H and O–H groups in total. The highest BCUT2D eigenvalue weighted by Crippen LogP contribution is 2.33. The molecule has 1 saturated heterocycles. The molecule has 3 aromatic rings. The normalized spacial score (nSPS) is 17.4. The number of aromatic nitrogens is 3. The summed E-state index contributed by atoms with van der Waals surface area (Å²) >= 11 is 0. The third-order valence-corrected chi connectivity index (χ3v) is 5.99. The van der Waals surface area contributed by atoms with Crippen LogP contribution in [0, 0.1) is 5.82 Å². The Bertz CT molecular complexity index is 1050. The summed E-state index contributed by atoms with van der Waals surface area (Å²) in [6.07, 6.45) is 6.08. The molecule has 1 aromatic carbocycles. The van der Waals surface area contributed by atoms with Crippen LogP contribution in [0.2, 0.25) is 0 Å². The first-order valence-corrected chi connectivity index (χ1v) is 9.72. The molecule has 144 valence electrons. The molecule has 5 rings (SSSR count). The van der Waals surface area contributed by atoms with Crippen molar-refractivity contribution in [1.29, 1.82) is 0 Å². The average Bonchev–Trinajstić information content (AvgIpc) is 3.31. The number of carbonyl (C=O) groups excluding carboxylic acids is 1. The van der Waals surface area contributed by atoms with E-state index in [0.29, 0.717) is 30.2 Å². The van der Waals surface area contributed by atoms with Gasteiger partial charge in [-0.05, 0) is 49.1 Å². The number of aryl methyl sites for hydroxylation is 1. The molecule has 0 atom stereocenters. The molecule has 0 radical (unpaired) electrons. The summed E-state index contributed by atoms with van der Waals surface area (Å²) in [5.41, 5.74) is 4.24. The van der Waals surface area contributed by atoms with Crippen LogP contribution in [0.15, 0.2) is 36.8 Å². The van der Waals surface area contributed by atoms with E-state index in [9.17, 15) is 9.18 Å². The number of imidazole rings is 1. The lowest BCUT2D eigenvalue weighted by Gasteiger charge is -2.38. The molecule has 1 fully saturated rings. The fourth-order valence-corrected chi connectivity index (χ4v) is 4.53. The largest absolute Gasteiger partial charge is 0.368 e. The molecular formula is C21H22FN5O. The Morgan fingerprint density at radius 3 is 2.79 bits per heavy atom. The van der Waals surface area contributed by atoms with Crippen molar-refractivity contribution in [3.8, 4) is 0 Å². The number of benzene rings is 1. The quantitative estimate of drug-likeness (QED) is 0.687. The molecule has 4 heterocycles. The van der Waals surface area contributed by atoms with Gasteiger partial charge in [0.1, 0.15) is 11.3 Å². The van der Waals surface area contributed by atoms with Crippen molar-refractivity contribution in [2.45, 2.75) is 25.3 Å². The number of pyridine rings is 1. The number of hydrogen-bond donors (Lipinski definition) is 0. The molecule has 6 nitrogen and oxygen atoms in total. The van der Waals surface area contributed by atoms with E-state index in [-0.39, 0.29) is 11.7 Å². The molecule has 0 unspecified atom stereocenters. The maximum atomic E-state index is 13.5. The van der Waals surface area contributed by atoms with Crippen LogP contribution in [0.3, 0.4) is 0 Å². The first kappa shape index (κ1) is 17.2. The number of hydrogen-bond acceptors (Lipinski definition) is 4. The molecule has 0 saturated carbocycles. The third kappa shape index (κ3) is 2.73. The Morgan fingerprint density at radius 2 is 1.96 bits per heavy atom. The van der Waals surface area contributed by atoms with E-state index in [1.54, 1.807) is 24.7 Å². The van der Waals surface area contributed by atoms with E-state index in [2.05, 4.69) is 14.9 Å². The molecule has 0 spiro atoms. The van der Waals surface area contributed by atoms with Crippen molar-refractivity contribution in [1.82, 2.24) is 19.4 Å². The third-order valence-electron chi connectivity index (χ3n) is 5.99. The lowest BCUT2D eigenvalue weighted by molar-refractivity contribution is 0.0714. The fraction of sp³-hybridized carbons (Fsp3) is 0.381. The molecule has 7 heteroatoms. The predicted octanol–water partition coefficient (Wildman–Crippen LogP) is 2.77. The van der Waals surface area contributed by atoms with Crippen molar-refractivity contribution >= 4 is 22.8 Å². The molecular weight excluding hydrogens is 357 g/mol. The minimum atomic E-state index is -0.167. The van der Waals surface area contributed by atoms with E-state index in [1.807, 2.05) is 22.6 Å². The summed E-state index contributed by atoms with van der Waals surface area (Å²) in [6.45, 7) is 2.36. The van der Waals surface area contributed by atoms with Gasteiger partial charge in [-0.15, -0.1) is 0 Å². The number of fused-ring (bicyclic) bond motifs is 2. The van der Waals surface area contributed by atoms with Crippen LogP contribution in [-0.4, -0.2) is 51.0 Å². The molecule has 28 heavy (non-hydrogen) atoms. The predicted molar refractivity (Wildman–Crippen MR) is 105 cm³/mol. The van der Waals surface area contributed by atoms with E-state index in [0.717, 1.165) is 42.7 Å². The van der Waals surface area contributed by atoms with E-state index in [4.69, 9.17) is 0 Å². The molecule has 0 bridgehead atoms. The maximum Gasteiger partial charge on any atom is 0.256 e. The Labute approximate surface area is 162 Å². The number of rotatable bonds is 2. The van der Waals surface area contributed by atoms with Gasteiger partial charge < -0.3 is 14.4 Å². The number of amides is 1. The highest BCUT2D eigenvalue weighted by atomic mass is 19.1. The number of piperidine rings is 1. The zero-order valence-electron chi connectivity index (χ0n) is 15.8. The average molecular weight is 379 g/mol. The van der Waals surface area contributed by atoms with Crippen LogP contribution in [0.4, 0.5) is 10.1 Å². The number of halogens is 1. The summed E-state index contributed by atoms with van der Waals surface area (Å²) in [6, 6.07) is 7.23. The van der Waals surface area contributed by atoms with Crippen molar-refractivity contribution in [3.05, 3.63) is 53.7 Å². The fourth-order valence-electron chi connectivity index (χ4n) is 4.53. The van der Waals surface area contributed by atoms with E-state index in [1.165, 1.54) is 6.07 Å². The lowest BCUT2D eigenvalue weighted by atomic mass is 10.0. The second-order valence-corrected chi connectivity index (χ2v) is 7.63. The standard InChI is InChI=1S/C21H22FN5O/c1-25-13-24-19-17(4-8-23-20(19)25)21(28)26-9-6-16(7-10-26)27-11-5-14-12-15(22)2-3-18(14)27/h2-4,8,12-13,16H,5-7,9-11H2,1H3. The second kappa shape index (κ2) is 6.58. The first-order chi connectivity index (χ1) is 13.6. The van der Waals surface area contributed by atoms with Crippen LogP contribution in [-0.2, 0) is 13.5 Å². The van der Waals surface area contributed by atoms with Crippen LogP contribution in [0.1, 0.15) is 28.8 Å². The summed E-state index contributed by atoms with van der Waals surface area (Å²) in [5.74, 6) is -0.146. The number of likely N-dealkylation sites (tertiary alicyclic amines) is 1. The van der Waals surface area contributed by atoms with Crippen LogP contribution in [0.25, 0.3) is 11.2 Å². The Kier molecular flexibility index (Phi) is 4.03. The topological polar surface area (TPSA) is 54.3 Å². The number of nitrogens with zero attached hydrogens (tertiary/aromatic N) is 5. The van der Waals surface area contributed by atoms with Gasteiger partial charge in [0.05, 0.1) is 11.9 Å². The van der Waals surface area contributed by atoms with Crippen molar-refractivity contribution in [2.24, 2.45) is 7.05 Å². The summed E-state index contributed by atoms with van der Waals surface area (Å²) < 4.78 is 15.3. The lowest BCUT2D eigenvalue weighted by Crippen LogP contribution is -2.46. The maximum absolute atomic E-state index is 13.5. The molecule has 2 aliphatic heterocycles. The Balaban J connectivity index is 1.31. The number of anilines is 1. The minimum Gasteiger partial charge on any atom is -0.368 e. The first-order valence-electron chi connectivity index (χ1n) is 9.72. The van der Waals surface area contributed by atoms with Crippen molar-refractivity contribution in [2.75, 3.05) is 24.5 Å². The van der Waals surface area contributed by atoms with E-state index < -0.39 is 0 Å². The number of carbonyl (C=O) groups is 1. The van der Waals surface area contributed by atoms with Gasteiger partial charge in [-0.1, -0.05) is 0 Å². The summed E-state index contributed by atoms with van der Waals surface area (Å²) in [7, 11) is 1.88. The van der Waals surface area contributed by atoms with Crippen LogP contribution < -0.4 is 4.90 Å². The highest BCUT2D eigenvalue weighted by Gasteiger charge is 2.31. The zero-order valence-corrected chi connectivity index (χ0v) is 15.8. The van der Waals surface area contributed by atoms with Gasteiger partial charge in [-0.3, -0.25) is 4.79 Å². The molecule has 2 aliphatic rings. The Hall–Kier alpha value is -2.96. The smallest absolute Gasteiger partial charge is 0.256 e. The monoisotopic (exact) mass is 379 g/mol. The van der Waals surface area contributed by atoms with E-state index >= 15 is 0 Å². The van der Waals surface area contributed by atoms with Gasteiger partial charge in [-0.25, -0.2) is 14.4 Å². The van der Waals surface area contributed by atoms with Gasteiger partial charge in [-0.2, -0.15) is 0 Å². The minimum absolute atomic E-state index is 0.0217. The highest BCUT2D eigenvalue weighted by molar-refractivity contribution is 6.04. The summed E-state index contributed by atoms with van der Waals surface area (Å²) in [5, 5.41) is 0. The van der Waals surface area contributed by atoms with Gasteiger partial charge in [0.2, 0.25) is 0 Å². The zero-order chi connectivity index (χ0) is 19.3. The second-order valence-electron chi connectivity index (χ2n) is 7.63. The Morgan fingerprint density at radius 1 is 1.14 bits per heavy atom. The molecule has 1 amide bonds. The SMILES string of the molecule is Cn1cnc2c(C(=O)N3CCC(N4CCc5cc(F)ccc54)CC3)ccnc21. The van der Waals surface area contributed by atoms with Crippen LogP contribution >= 0.6 is 0 Å².